The van der Waals surface area contributed by atoms with E-state index in [0.717, 1.165) is 21.7 Å². The van der Waals surface area contributed by atoms with E-state index >= 15 is 0 Å². The van der Waals surface area contributed by atoms with Crippen LogP contribution in [0.1, 0.15) is 5.56 Å². The second-order valence-corrected chi connectivity index (χ2v) is 3.48. The molecule has 0 unspecified atom stereocenters. The van der Waals surface area contributed by atoms with E-state index < -0.39 is 0 Å². The van der Waals surface area contributed by atoms with Gasteiger partial charge in [0.25, 0.3) is 0 Å². The van der Waals surface area contributed by atoms with Crippen LogP contribution in [-0.4, -0.2) is 0 Å². The monoisotopic (exact) mass is 238 g/mol. The average molecular weight is 239 g/mol. The van der Waals surface area contributed by atoms with Gasteiger partial charge in [-0.25, -0.2) is 4.39 Å². The highest BCUT2D eigenvalue weighted by molar-refractivity contribution is 9.08. The highest BCUT2D eigenvalue weighted by Gasteiger charge is 1.99. The Labute approximate surface area is 84.5 Å². The minimum absolute atomic E-state index is 0.180. The molecule has 0 fully saturated rings. The summed E-state index contributed by atoms with van der Waals surface area (Å²) in [5.41, 5.74) is 1.12. The molecule has 2 heteroatoms. The standard InChI is InChI=1S/C11H8BrF/c12-7-9-3-1-2-8-4-5-10(13)6-11(8)9/h1-6H,7H2. The molecule has 0 bridgehead atoms. The van der Waals surface area contributed by atoms with Crippen molar-refractivity contribution in [1.82, 2.24) is 0 Å². The topological polar surface area (TPSA) is 0 Å². The molecule has 0 radical (unpaired) electrons. The Balaban J connectivity index is 2.79. The summed E-state index contributed by atoms with van der Waals surface area (Å²) in [4.78, 5) is 0. The van der Waals surface area contributed by atoms with Gasteiger partial charge in [-0.05, 0) is 28.5 Å². The van der Waals surface area contributed by atoms with E-state index in [1.54, 1.807) is 12.1 Å². The van der Waals surface area contributed by atoms with Crippen LogP contribution in [0.4, 0.5) is 4.39 Å². The molecule has 2 aromatic carbocycles. The summed E-state index contributed by atoms with van der Waals surface area (Å²) in [6.45, 7) is 0. The highest BCUT2D eigenvalue weighted by Crippen LogP contribution is 2.21. The molecule has 0 amide bonds. The fourth-order valence-electron chi connectivity index (χ4n) is 1.43. The van der Waals surface area contributed by atoms with Gasteiger partial charge in [0.05, 0.1) is 0 Å². The van der Waals surface area contributed by atoms with Crippen LogP contribution in [0.15, 0.2) is 36.4 Å². The van der Waals surface area contributed by atoms with Gasteiger partial charge in [0, 0.05) is 5.33 Å². The predicted octanol–water partition coefficient (Wildman–Crippen LogP) is 3.87. The SMILES string of the molecule is Fc1ccc2cccc(CBr)c2c1. The van der Waals surface area contributed by atoms with Crippen molar-refractivity contribution in [2.75, 3.05) is 0 Å². The van der Waals surface area contributed by atoms with E-state index in [1.807, 2.05) is 18.2 Å². The Hall–Kier alpha value is -0.890. The van der Waals surface area contributed by atoms with Crippen molar-refractivity contribution in [3.63, 3.8) is 0 Å². The lowest BCUT2D eigenvalue weighted by molar-refractivity contribution is 0.629. The summed E-state index contributed by atoms with van der Waals surface area (Å²) in [6, 6.07) is 10.8. The molecule has 0 saturated heterocycles. The molecule has 13 heavy (non-hydrogen) atoms. The van der Waals surface area contributed by atoms with Gasteiger partial charge >= 0.3 is 0 Å². The van der Waals surface area contributed by atoms with Crippen LogP contribution >= 0.6 is 15.9 Å². The van der Waals surface area contributed by atoms with Gasteiger partial charge in [0.15, 0.2) is 0 Å². The third-order valence-electron chi connectivity index (χ3n) is 2.08. The van der Waals surface area contributed by atoms with E-state index in [2.05, 4.69) is 15.9 Å². The first-order valence-corrected chi connectivity index (χ1v) is 5.16. The molecule has 0 aliphatic heterocycles. The quantitative estimate of drug-likeness (QED) is 0.662. The normalized spacial score (nSPS) is 10.6. The minimum atomic E-state index is -0.180. The zero-order valence-corrected chi connectivity index (χ0v) is 8.51. The van der Waals surface area contributed by atoms with Crippen molar-refractivity contribution in [2.45, 2.75) is 5.33 Å². The molecule has 0 N–H and O–H groups in total. The number of fused-ring (bicyclic) bond motifs is 1. The van der Waals surface area contributed by atoms with Crippen LogP contribution in [0.2, 0.25) is 0 Å². The van der Waals surface area contributed by atoms with Gasteiger partial charge in [0.1, 0.15) is 5.82 Å². The Morgan fingerprint density at radius 1 is 1.15 bits per heavy atom. The summed E-state index contributed by atoms with van der Waals surface area (Å²) in [5, 5.41) is 2.83. The van der Waals surface area contributed by atoms with Gasteiger partial charge in [-0.15, -0.1) is 0 Å². The van der Waals surface area contributed by atoms with Gasteiger partial charge in [-0.2, -0.15) is 0 Å². The second kappa shape index (κ2) is 3.46. The molecule has 2 rings (SSSR count). The number of benzene rings is 2. The van der Waals surface area contributed by atoms with Gasteiger partial charge in [-0.1, -0.05) is 40.2 Å². The Bertz CT molecular complexity index is 437. The molecule has 66 valence electrons. The Kier molecular flexibility index (Phi) is 2.32. The molecule has 0 nitrogen and oxygen atoms in total. The van der Waals surface area contributed by atoms with Gasteiger partial charge in [0.2, 0.25) is 0 Å². The fraction of sp³-hybridized carbons (Fsp3) is 0.0909. The molecule has 2 aromatic rings. The molecule has 0 aliphatic rings. The van der Waals surface area contributed by atoms with Crippen molar-refractivity contribution in [2.24, 2.45) is 0 Å². The summed E-state index contributed by atoms with van der Waals surface area (Å²) in [6.07, 6.45) is 0. The lowest BCUT2D eigenvalue weighted by atomic mass is 10.1. The summed E-state index contributed by atoms with van der Waals surface area (Å²) < 4.78 is 12.9. The lowest BCUT2D eigenvalue weighted by Crippen LogP contribution is -1.82. The van der Waals surface area contributed by atoms with Gasteiger partial charge < -0.3 is 0 Å². The maximum absolute atomic E-state index is 12.9. The molecule has 0 heterocycles. The largest absolute Gasteiger partial charge is 0.207 e. The smallest absolute Gasteiger partial charge is 0.123 e. The third-order valence-corrected chi connectivity index (χ3v) is 2.68. The highest BCUT2D eigenvalue weighted by atomic mass is 79.9. The van der Waals surface area contributed by atoms with Crippen molar-refractivity contribution in [3.8, 4) is 0 Å². The minimum Gasteiger partial charge on any atom is -0.207 e. The van der Waals surface area contributed by atoms with Crippen molar-refractivity contribution >= 4 is 26.7 Å². The first-order chi connectivity index (χ1) is 6.31. The van der Waals surface area contributed by atoms with E-state index in [4.69, 9.17) is 0 Å². The van der Waals surface area contributed by atoms with Crippen LogP contribution in [0.5, 0.6) is 0 Å². The fourth-order valence-corrected chi connectivity index (χ4v) is 1.92. The first-order valence-electron chi connectivity index (χ1n) is 4.04. The van der Waals surface area contributed by atoms with Crippen LogP contribution in [0.25, 0.3) is 10.8 Å². The maximum atomic E-state index is 12.9. The Morgan fingerprint density at radius 3 is 2.77 bits per heavy atom. The lowest BCUT2D eigenvalue weighted by Gasteiger charge is -2.02. The maximum Gasteiger partial charge on any atom is 0.123 e. The molecule has 0 aromatic heterocycles. The second-order valence-electron chi connectivity index (χ2n) is 2.92. The molecular weight excluding hydrogens is 231 g/mol. The number of hydrogen-bond acceptors (Lipinski definition) is 0. The molecule has 0 spiro atoms. The molecule has 0 aliphatic carbocycles. The van der Waals surface area contributed by atoms with Crippen LogP contribution in [-0.2, 0) is 5.33 Å². The number of halogens is 2. The van der Waals surface area contributed by atoms with Crippen molar-refractivity contribution in [1.29, 1.82) is 0 Å². The molecule has 0 atom stereocenters. The first kappa shape index (κ1) is 8.70. The molecular formula is C11H8BrF. The molecule has 0 saturated carbocycles. The summed E-state index contributed by atoms with van der Waals surface area (Å²) >= 11 is 3.38. The van der Waals surface area contributed by atoms with Crippen molar-refractivity contribution < 1.29 is 4.39 Å². The van der Waals surface area contributed by atoms with E-state index in [-0.39, 0.29) is 5.82 Å². The summed E-state index contributed by atoms with van der Waals surface area (Å²) in [7, 11) is 0. The predicted molar refractivity (Wildman–Crippen MR) is 56.5 cm³/mol. The van der Waals surface area contributed by atoms with Crippen LogP contribution < -0.4 is 0 Å². The number of rotatable bonds is 1. The zero-order valence-electron chi connectivity index (χ0n) is 6.93. The summed E-state index contributed by atoms with van der Waals surface area (Å²) in [5.74, 6) is -0.180. The number of hydrogen-bond donors (Lipinski definition) is 0. The van der Waals surface area contributed by atoms with Gasteiger partial charge in [-0.3, -0.25) is 0 Å². The Morgan fingerprint density at radius 2 is 2.00 bits per heavy atom. The average Bonchev–Trinajstić information content (AvgIpc) is 2.17. The third kappa shape index (κ3) is 1.59. The van der Waals surface area contributed by atoms with Crippen molar-refractivity contribution in [3.05, 3.63) is 47.8 Å². The number of alkyl halides is 1. The van der Waals surface area contributed by atoms with E-state index in [9.17, 15) is 4.39 Å². The van der Waals surface area contributed by atoms with Crippen LogP contribution in [0, 0.1) is 5.82 Å². The zero-order chi connectivity index (χ0) is 9.26. The van der Waals surface area contributed by atoms with E-state index in [1.165, 1.54) is 6.07 Å². The van der Waals surface area contributed by atoms with Crippen LogP contribution in [0.3, 0.4) is 0 Å². The van der Waals surface area contributed by atoms with E-state index in [0.29, 0.717) is 0 Å².